The Morgan fingerprint density at radius 3 is 2.41 bits per heavy atom. The van der Waals surface area contributed by atoms with Crippen molar-refractivity contribution in [2.24, 2.45) is 5.73 Å². The maximum atomic E-state index is 13.9. The van der Waals surface area contributed by atoms with Crippen molar-refractivity contribution in [2.45, 2.75) is 37.1 Å². The number of benzene rings is 2. The summed E-state index contributed by atoms with van der Waals surface area (Å²) >= 11 is 0. The molecule has 1 saturated carbocycles. The van der Waals surface area contributed by atoms with Gasteiger partial charge < -0.3 is 16.0 Å². The maximum Gasteiger partial charge on any atom is 0.255 e. The van der Waals surface area contributed by atoms with Crippen LogP contribution in [0.25, 0.3) is 0 Å². The summed E-state index contributed by atoms with van der Waals surface area (Å²) < 4.78 is 13.9. The second-order valence-electron chi connectivity index (χ2n) is 8.90. The SMILES string of the molecule is CN(CC(N)c1ccc(C(=O)Nc2ccncc2)cc1)C(=O)C1(c2cccc(F)c2)CCCC1. The normalized spacial score (nSPS) is 15.5. The molecule has 1 aliphatic rings. The molecule has 0 bridgehead atoms. The van der Waals surface area contributed by atoms with Crippen molar-refractivity contribution in [3.05, 3.63) is 95.6 Å². The van der Waals surface area contributed by atoms with Crippen LogP contribution in [0.15, 0.2) is 73.1 Å². The fourth-order valence-electron chi connectivity index (χ4n) is 4.76. The highest BCUT2D eigenvalue weighted by Gasteiger charge is 2.44. The van der Waals surface area contributed by atoms with Gasteiger partial charge in [-0.25, -0.2) is 4.39 Å². The van der Waals surface area contributed by atoms with E-state index < -0.39 is 11.5 Å². The lowest BCUT2D eigenvalue weighted by molar-refractivity contribution is -0.136. The van der Waals surface area contributed by atoms with Crippen LogP contribution in [0.2, 0.25) is 0 Å². The van der Waals surface area contributed by atoms with Crippen LogP contribution in [0, 0.1) is 5.82 Å². The molecule has 2 amide bonds. The molecule has 176 valence electrons. The third-order valence-electron chi connectivity index (χ3n) is 6.60. The van der Waals surface area contributed by atoms with Gasteiger partial charge in [-0.2, -0.15) is 0 Å². The number of nitrogens with one attached hydrogen (secondary N) is 1. The summed E-state index contributed by atoms with van der Waals surface area (Å²) in [6.45, 7) is 0.318. The molecule has 1 aromatic heterocycles. The van der Waals surface area contributed by atoms with Crippen LogP contribution >= 0.6 is 0 Å². The summed E-state index contributed by atoms with van der Waals surface area (Å²) in [5, 5.41) is 2.82. The lowest BCUT2D eigenvalue weighted by Crippen LogP contribution is -2.46. The van der Waals surface area contributed by atoms with E-state index in [2.05, 4.69) is 10.3 Å². The van der Waals surface area contributed by atoms with E-state index in [0.29, 0.717) is 30.6 Å². The summed E-state index contributed by atoms with van der Waals surface area (Å²) in [5.74, 6) is -0.583. The molecule has 1 heterocycles. The molecule has 0 saturated heterocycles. The van der Waals surface area contributed by atoms with E-state index in [4.69, 9.17) is 5.73 Å². The van der Waals surface area contributed by atoms with Crippen LogP contribution in [0.3, 0.4) is 0 Å². The van der Waals surface area contributed by atoms with Crippen molar-refractivity contribution >= 4 is 17.5 Å². The van der Waals surface area contributed by atoms with E-state index in [1.54, 1.807) is 54.7 Å². The number of nitrogens with two attached hydrogens (primary N) is 1. The molecule has 6 nitrogen and oxygen atoms in total. The molecule has 7 heteroatoms. The van der Waals surface area contributed by atoms with Crippen LogP contribution in [0.5, 0.6) is 0 Å². The lowest BCUT2D eigenvalue weighted by atomic mass is 9.77. The predicted octanol–water partition coefficient (Wildman–Crippen LogP) is 4.44. The Hall–Kier alpha value is -3.58. The number of hydrogen-bond donors (Lipinski definition) is 2. The highest BCUT2D eigenvalue weighted by Crippen LogP contribution is 2.42. The second-order valence-corrected chi connectivity index (χ2v) is 8.90. The van der Waals surface area contributed by atoms with Crippen molar-refractivity contribution in [1.29, 1.82) is 0 Å². The third kappa shape index (κ3) is 4.99. The predicted molar refractivity (Wildman–Crippen MR) is 130 cm³/mol. The zero-order chi connectivity index (χ0) is 24.1. The number of aromatic nitrogens is 1. The van der Waals surface area contributed by atoms with Gasteiger partial charge in [0, 0.05) is 43.3 Å². The van der Waals surface area contributed by atoms with E-state index in [-0.39, 0.29) is 17.6 Å². The number of pyridine rings is 1. The van der Waals surface area contributed by atoms with Crippen molar-refractivity contribution in [2.75, 3.05) is 18.9 Å². The molecule has 34 heavy (non-hydrogen) atoms. The number of hydrogen-bond acceptors (Lipinski definition) is 4. The number of anilines is 1. The van der Waals surface area contributed by atoms with Gasteiger partial charge in [-0.3, -0.25) is 14.6 Å². The fourth-order valence-corrected chi connectivity index (χ4v) is 4.76. The zero-order valence-corrected chi connectivity index (χ0v) is 19.2. The summed E-state index contributed by atoms with van der Waals surface area (Å²) in [6, 6.07) is 16.5. The zero-order valence-electron chi connectivity index (χ0n) is 19.2. The minimum atomic E-state index is -0.703. The van der Waals surface area contributed by atoms with Crippen molar-refractivity contribution in [1.82, 2.24) is 9.88 Å². The topological polar surface area (TPSA) is 88.3 Å². The maximum absolute atomic E-state index is 13.9. The average Bonchev–Trinajstić information content (AvgIpc) is 3.35. The van der Waals surface area contributed by atoms with E-state index in [1.807, 2.05) is 18.2 Å². The molecule has 0 spiro atoms. The third-order valence-corrected chi connectivity index (χ3v) is 6.60. The Kier molecular flexibility index (Phi) is 7.03. The second kappa shape index (κ2) is 10.1. The van der Waals surface area contributed by atoms with Gasteiger partial charge >= 0.3 is 0 Å². The van der Waals surface area contributed by atoms with E-state index in [1.165, 1.54) is 12.1 Å². The number of carbonyl (C=O) groups is 2. The van der Waals surface area contributed by atoms with Gasteiger partial charge in [-0.15, -0.1) is 0 Å². The lowest BCUT2D eigenvalue weighted by Gasteiger charge is -2.34. The number of nitrogens with zero attached hydrogens (tertiary/aromatic N) is 2. The molecule has 1 fully saturated rings. The summed E-state index contributed by atoms with van der Waals surface area (Å²) in [5.41, 5.74) is 8.46. The van der Waals surface area contributed by atoms with Gasteiger partial charge in [-0.05, 0) is 60.4 Å². The Morgan fingerprint density at radius 1 is 1.09 bits per heavy atom. The minimum Gasteiger partial charge on any atom is -0.343 e. The molecule has 1 unspecified atom stereocenters. The van der Waals surface area contributed by atoms with Gasteiger partial charge in [0.15, 0.2) is 0 Å². The molecule has 4 rings (SSSR count). The molecule has 1 atom stereocenters. The highest BCUT2D eigenvalue weighted by molar-refractivity contribution is 6.04. The van der Waals surface area contributed by atoms with E-state index >= 15 is 0 Å². The molecule has 2 aromatic carbocycles. The Balaban J connectivity index is 1.43. The van der Waals surface area contributed by atoms with Crippen molar-refractivity contribution < 1.29 is 14.0 Å². The van der Waals surface area contributed by atoms with E-state index in [9.17, 15) is 14.0 Å². The molecule has 3 N–H and O–H groups in total. The van der Waals surface area contributed by atoms with Crippen LogP contribution < -0.4 is 11.1 Å². The van der Waals surface area contributed by atoms with Gasteiger partial charge in [0.2, 0.25) is 5.91 Å². The smallest absolute Gasteiger partial charge is 0.255 e. The molecule has 1 aliphatic carbocycles. The van der Waals surface area contributed by atoms with Gasteiger partial charge in [0.1, 0.15) is 5.82 Å². The monoisotopic (exact) mass is 460 g/mol. The number of amides is 2. The summed E-state index contributed by atoms with van der Waals surface area (Å²) in [6.07, 6.45) is 6.50. The van der Waals surface area contributed by atoms with E-state index in [0.717, 1.165) is 24.0 Å². The van der Waals surface area contributed by atoms with Crippen molar-refractivity contribution in [3.63, 3.8) is 0 Å². The first-order valence-corrected chi connectivity index (χ1v) is 11.5. The molecular formula is C27H29FN4O2. The molecular weight excluding hydrogens is 431 g/mol. The number of halogens is 1. The highest BCUT2D eigenvalue weighted by atomic mass is 19.1. The average molecular weight is 461 g/mol. The minimum absolute atomic E-state index is 0.0283. The van der Waals surface area contributed by atoms with Gasteiger partial charge in [-0.1, -0.05) is 37.1 Å². The summed E-state index contributed by atoms with van der Waals surface area (Å²) in [7, 11) is 1.75. The van der Waals surface area contributed by atoms with Crippen LogP contribution in [0.1, 0.15) is 53.2 Å². The van der Waals surface area contributed by atoms with Gasteiger partial charge in [0.05, 0.1) is 5.41 Å². The molecule has 3 aromatic rings. The first-order chi connectivity index (χ1) is 16.4. The number of likely N-dealkylation sites (N-methyl/N-ethyl adjacent to an activating group) is 1. The first kappa shape index (κ1) is 23.6. The Labute approximate surface area is 199 Å². The Morgan fingerprint density at radius 2 is 1.76 bits per heavy atom. The molecule has 0 radical (unpaired) electrons. The largest absolute Gasteiger partial charge is 0.343 e. The Bertz CT molecular complexity index is 1140. The van der Waals surface area contributed by atoms with Gasteiger partial charge in [0.25, 0.3) is 5.91 Å². The fraction of sp³-hybridized carbons (Fsp3) is 0.296. The van der Waals surface area contributed by atoms with Crippen molar-refractivity contribution in [3.8, 4) is 0 Å². The molecule has 0 aliphatic heterocycles. The number of carbonyl (C=O) groups excluding carboxylic acids is 2. The summed E-state index contributed by atoms with van der Waals surface area (Å²) in [4.78, 5) is 31.6. The number of rotatable bonds is 7. The van der Waals surface area contributed by atoms with Crippen LogP contribution in [0.4, 0.5) is 10.1 Å². The van der Waals surface area contributed by atoms with Crippen LogP contribution in [-0.4, -0.2) is 35.3 Å². The quantitative estimate of drug-likeness (QED) is 0.546. The standard InChI is InChI=1S/C27H29FN4O2/c1-32(26(34)27(13-2-3-14-27)21-5-4-6-22(28)17-21)18-24(29)19-7-9-20(10-8-19)25(33)31-23-11-15-30-16-12-23/h4-12,15-17,24H,2-3,13-14,18,29H2,1H3,(H,30,31,33). The first-order valence-electron chi connectivity index (χ1n) is 11.5. The van der Waals surface area contributed by atoms with Crippen LogP contribution in [-0.2, 0) is 10.2 Å².